The molecule has 0 radical (unpaired) electrons. The van der Waals surface area contributed by atoms with Gasteiger partial charge in [-0.25, -0.2) is 4.98 Å². The first-order valence-corrected chi connectivity index (χ1v) is 5.34. The Morgan fingerprint density at radius 2 is 2.11 bits per heavy atom. The molecule has 0 aliphatic heterocycles. The molecule has 2 rings (SSSR count). The maximum atomic E-state index is 10.9. The van der Waals surface area contributed by atoms with Crippen LogP contribution in [0.15, 0.2) is 36.8 Å². The molecule has 0 bridgehead atoms. The van der Waals surface area contributed by atoms with Crippen molar-refractivity contribution in [1.29, 1.82) is 0 Å². The van der Waals surface area contributed by atoms with Crippen LogP contribution in [0.25, 0.3) is 0 Å². The van der Waals surface area contributed by atoms with Crippen molar-refractivity contribution in [2.75, 3.05) is 7.11 Å². The van der Waals surface area contributed by atoms with Crippen LogP contribution in [0.3, 0.4) is 0 Å². The number of rotatable bonds is 5. The van der Waals surface area contributed by atoms with Crippen molar-refractivity contribution < 1.29 is 14.3 Å². The first-order chi connectivity index (χ1) is 8.83. The van der Waals surface area contributed by atoms with E-state index in [9.17, 15) is 4.79 Å². The van der Waals surface area contributed by atoms with Gasteiger partial charge in [0, 0.05) is 18.5 Å². The molecule has 0 aliphatic rings. The van der Waals surface area contributed by atoms with Crippen LogP contribution in [-0.4, -0.2) is 23.4 Å². The first kappa shape index (κ1) is 12.0. The molecule has 5 heteroatoms. The minimum atomic E-state index is 0.359. The molecule has 0 amide bonds. The zero-order chi connectivity index (χ0) is 12.8. The lowest BCUT2D eigenvalue weighted by molar-refractivity contribution is 0.111. The van der Waals surface area contributed by atoms with Crippen LogP contribution in [0, 0.1) is 0 Å². The molecule has 0 fully saturated rings. The molecule has 0 N–H and O–H groups in total. The lowest BCUT2D eigenvalue weighted by atomic mass is 10.2. The molecule has 2 heterocycles. The van der Waals surface area contributed by atoms with Crippen molar-refractivity contribution in [2.24, 2.45) is 0 Å². The number of aldehydes is 1. The molecule has 0 saturated heterocycles. The largest absolute Gasteiger partial charge is 0.487 e. The minimum absolute atomic E-state index is 0.359. The van der Waals surface area contributed by atoms with E-state index in [1.165, 1.54) is 19.4 Å². The Labute approximate surface area is 104 Å². The zero-order valence-electron chi connectivity index (χ0n) is 9.87. The highest BCUT2D eigenvalue weighted by atomic mass is 16.5. The fraction of sp³-hybridized carbons (Fsp3) is 0.154. The number of hydrogen-bond acceptors (Lipinski definition) is 5. The SMILES string of the molecule is COc1cc(C=O)c(OCc2ccncc2)cn1. The van der Waals surface area contributed by atoms with Gasteiger partial charge in [0.15, 0.2) is 6.29 Å². The molecule has 2 aromatic heterocycles. The average Bonchev–Trinajstić information content (AvgIpc) is 2.46. The number of pyridine rings is 2. The summed E-state index contributed by atoms with van der Waals surface area (Å²) < 4.78 is 10.5. The van der Waals surface area contributed by atoms with Crippen molar-refractivity contribution in [3.05, 3.63) is 47.9 Å². The van der Waals surface area contributed by atoms with Gasteiger partial charge in [-0.2, -0.15) is 0 Å². The molecule has 0 atom stereocenters. The maximum Gasteiger partial charge on any atom is 0.213 e. The summed E-state index contributed by atoms with van der Waals surface area (Å²) in [5, 5.41) is 0. The molecular weight excluding hydrogens is 232 g/mol. The molecular formula is C13H12N2O3. The van der Waals surface area contributed by atoms with Crippen molar-refractivity contribution in [1.82, 2.24) is 9.97 Å². The fourth-order valence-electron chi connectivity index (χ4n) is 1.40. The number of aromatic nitrogens is 2. The Balaban J connectivity index is 2.12. The number of ether oxygens (including phenoxy) is 2. The topological polar surface area (TPSA) is 61.3 Å². The molecule has 0 unspecified atom stereocenters. The molecule has 0 spiro atoms. The van der Waals surface area contributed by atoms with Gasteiger partial charge in [0.2, 0.25) is 5.88 Å². The lowest BCUT2D eigenvalue weighted by Gasteiger charge is -2.08. The van der Waals surface area contributed by atoms with Gasteiger partial charge < -0.3 is 9.47 Å². The number of carbonyl (C=O) groups is 1. The molecule has 5 nitrogen and oxygen atoms in total. The maximum absolute atomic E-state index is 10.9. The quantitative estimate of drug-likeness (QED) is 0.751. The van der Waals surface area contributed by atoms with Crippen LogP contribution >= 0.6 is 0 Å². The highest BCUT2D eigenvalue weighted by Crippen LogP contribution is 2.20. The van der Waals surface area contributed by atoms with E-state index >= 15 is 0 Å². The van der Waals surface area contributed by atoms with E-state index in [4.69, 9.17) is 9.47 Å². The molecule has 0 aromatic carbocycles. The monoisotopic (exact) mass is 244 g/mol. The van der Waals surface area contributed by atoms with Crippen LogP contribution in [-0.2, 0) is 6.61 Å². The van der Waals surface area contributed by atoms with Gasteiger partial charge >= 0.3 is 0 Å². The van der Waals surface area contributed by atoms with Gasteiger partial charge in [-0.15, -0.1) is 0 Å². The normalized spacial score (nSPS) is 9.83. The van der Waals surface area contributed by atoms with Crippen molar-refractivity contribution in [3.8, 4) is 11.6 Å². The van der Waals surface area contributed by atoms with E-state index in [1.807, 2.05) is 12.1 Å². The Morgan fingerprint density at radius 1 is 1.33 bits per heavy atom. The van der Waals surface area contributed by atoms with Crippen LogP contribution in [0.5, 0.6) is 11.6 Å². The Morgan fingerprint density at radius 3 is 2.78 bits per heavy atom. The second-order valence-corrected chi connectivity index (χ2v) is 3.53. The van der Waals surface area contributed by atoms with Crippen LogP contribution in [0.2, 0.25) is 0 Å². The first-order valence-electron chi connectivity index (χ1n) is 5.34. The van der Waals surface area contributed by atoms with E-state index in [2.05, 4.69) is 9.97 Å². The van der Waals surface area contributed by atoms with Crippen LogP contribution in [0.1, 0.15) is 15.9 Å². The van der Waals surface area contributed by atoms with Crippen LogP contribution in [0.4, 0.5) is 0 Å². The van der Waals surface area contributed by atoms with Gasteiger partial charge in [0.1, 0.15) is 12.4 Å². The van der Waals surface area contributed by atoms with E-state index in [0.29, 0.717) is 30.1 Å². The standard InChI is InChI=1S/C13H12N2O3/c1-17-13-6-11(8-16)12(7-15-13)18-9-10-2-4-14-5-3-10/h2-8H,9H2,1H3. The summed E-state index contributed by atoms with van der Waals surface area (Å²) in [4.78, 5) is 18.8. The molecule has 0 saturated carbocycles. The molecule has 2 aromatic rings. The molecule has 0 aliphatic carbocycles. The molecule has 92 valence electrons. The predicted octanol–water partition coefficient (Wildman–Crippen LogP) is 1.88. The van der Waals surface area contributed by atoms with Crippen molar-refractivity contribution >= 4 is 6.29 Å². The number of methoxy groups -OCH3 is 1. The number of hydrogen-bond donors (Lipinski definition) is 0. The summed E-state index contributed by atoms with van der Waals surface area (Å²) in [6.45, 7) is 0.359. The lowest BCUT2D eigenvalue weighted by Crippen LogP contribution is -2.00. The summed E-state index contributed by atoms with van der Waals surface area (Å²) in [6.07, 6.45) is 5.56. The van der Waals surface area contributed by atoms with Crippen LogP contribution < -0.4 is 9.47 Å². The summed E-state index contributed by atoms with van der Waals surface area (Å²) in [6, 6.07) is 5.23. The average molecular weight is 244 g/mol. The third kappa shape index (κ3) is 2.82. The Hall–Kier alpha value is -2.43. The van der Waals surface area contributed by atoms with E-state index in [1.54, 1.807) is 12.4 Å². The summed E-state index contributed by atoms with van der Waals surface area (Å²) in [5.74, 6) is 0.816. The van der Waals surface area contributed by atoms with Gasteiger partial charge in [-0.1, -0.05) is 0 Å². The summed E-state index contributed by atoms with van der Waals surface area (Å²) >= 11 is 0. The second-order valence-electron chi connectivity index (χ2n) is 3.53. The van der Waals surface area contributed by atoms with Crippen molar-refractivity contribution in [3.63, 3.8) is 0 Å². The Bertz CT molecular complexity index is 529. The van der Waals surface area contributed by atoms with E-state index in [-0.39, 0.29) is 0 Å². The van der Waals surface area contributed by atoms with E-state index < -0.39 is 0 Å². The third-order valence-electron chi connectivity index (χ3n) is 2.35. The zero-order valence-corrected chi connectivity index (χ0v) is 9.87. The highest BCUT2D eigenvalue weighted by Gasteiger charge is 2.06. The fourth-order valence-corrected chi connectivity index (χ4v) is 1.40. The summed E-state index contributed by atoms with van der Waals surface area (Å²) in [7, 11) is 1.49. The molecule has 18 heavy (non-hydrogen) atoms. The van der Waals surface area contributed by atoms with Gasteiger partial charge in [-0.05, 0) is 17.7 Å². The Kier molecular flexibility index (Phi) is 3.86. The summed E-state index contributed by atoms with van der Waals surface area (Å²) in [5.41, 5.74) is 1.38. The third-order valence-corrected chi connectivity index (χ3v) is 2.35. The van der Waals surface area contributed by atoms with Gasteiger partial charge in [0.25, 0.3) is 0 Å². The second kappa shape index (κ2) is 5.77. The smallest absolute Gasteiger partial charge is 0.213 e. The predicted molar refractivity (Wildman–Crippen MR) is 64.7 cm³/mol. The van der Waals surface area contributed by atoms with E-state index in [0.717, 1.165) is 5.56 Å². The van der Waals surface area contributed by atoms with Gasteiger partial charge in [0.05, 0.1) is 18.9 Å². The number of nitrogens with zero attached hydrogens (tertiary/aromatic N) is 2. The highest BCUT2D eigenvalue weighted by molar-refractivity contribution is 5.79. The van der Waals surface area contributed by atoms with Crippen molar-refractivity contribution in [2.45, 2.75) is 6.61 Å². The van der Waals surface area contributed by atoms with Gasteiger partial charge in [-0.3, -0.25) is 9.78 Å². The minimum Gasteiger partial charge on any atom is -0.487 e. The number of carbonyl (C=O) groups excluding carboxylic acids is 1.